The molecule has 1 aromatic carbocycles. The van der Waals surface area contributed by atoms with Crippen molar-refractivity contribution in [3.63, 3.8) is 0 Å². The third-order valence-corrected chi connectivity index (χ3v) is 8.31. The van der Waals surface area contributed by atoms with Crippen molar-refractivity contribution >= 4 is 49.1 Å². The lowest BCUT2D eigenvalue weighted by Crippen LogP contribution is -2.46. The maximum Gasteiger partial charge on any atom is 0.341 e. The fourth-order valence-electron chi connectivity index (χ4n) is 4.08. The summed E-state index contributed by atoms with van der Waals surface area (Å²) in [7, 11) is -3.22. The zero-order chi connectivity index (χ0) is 25.9. The molecule has 1 saturated heterocycles. The van der Waals surface area contributed by atoms with Crippen LogP contribution in [0.4, 0.5) is 5.82 Å². The van der Waals surface area contributed by atoms with Gasteiger partial charge in [-0.3, -0.25) is 4.79 Å². The Hall–Kier alpha value is -3.22. The van der Waals surface area contributed by atoms with Gasteiger partial charge in [0.25, 0.3) is 5.91 Å². The van der Waals surface area contributed by atoms with Crippen molar-refractivity contribution in [2.45, 2.75) is 32.4 Å². The van der Waals surface area contributed by atoms with E-state index >= 15 is 0 Å². The number of anilines is 1. The van der Waals surface area contributed by atoms with Gasteiger partial charge < -0.3 is 20.5 Å². The number of esters is 1. The highest BCUT2D eigenvalue weighted by Gasteiger charge is 2.26. The van der Waals surface area contributed by atoms with E-state index in [2.05, 4.69) is 10.3 Å². The number of nitrogens with two attached hydrogens (primary N) is 1. The number of nitrogen functional groups attached to an aromatic ring is 1. The van der Waals surface area contributed by atoms with Crippen molar-refractivity contribution in [3.05, 3.63) is 52.5 Å². The molecule has 0 unspecified atom stereocenters. The summed E-state index contributed by atoms with van der Waals surface area (Å²) in [5.74, 6) is 0.103. The molecule has 1 aliphatic heterocycles. The van der Waals surface area contributed by atoms with Gasteiger partial charge in [-0.1, -0.05) is 6.07 Å². The summed E-state index contributed by atoms with van der Waals surface area (Å²) in [6.45, 7) is 2.95. The number of carbonyl (C=O) groups excluding carboxylic acids is 2. The summed E-state index contributed by atoms with van der Waals surface area (Å²) >= 11 is 1.37. The van der Waals surface area contributed by atoms with Crippen LogP contribution in [-0.4, -0.2) is 61.6 Å². The van der Waals surface area contributed by atoms with Gasteiger partial charge in [0, 0.05) is 41.8 Å². The first-order valence-electron chi connectivity index (χ1n) is 11.5. The lowest BCUT2D eigenvalue weighted by molar-refractivity contribution is 0.0528. The van der Waals surface area contributed by atoms with Crippen molar-refractivity contribution in [1.29, 1.82) is 0 Å². The van der Waals surface area contributed by atoms with Crippen LogP contribution in [0.5, 0.6) is 5.75 Å². The van der Waals surface area contributed by atoms with Crippen LogP contribution < -0.4 is 15.8 Å². The number of hydrogen-bond donors (Lipinski definition) is 2. The zero-order valence-electron chi connectivity index (χ0n) is 20.0. The highest BCUT2D eigenvalue weighted by molar-refractivity contribution is 7.88. The summed E-state index contributed by atoms with van der Waals surface area (Å²) in [6, 6.07) is 6.74. The normalized spacial score (nSPS) is 15.1. The van der Waals surface area contributed by atoms with Gasteiger partial charge in [-0.15, -0.1) is 11.3 Å². The van der Waals surface area contributed by atoms with Gasteiger partial charge in [-0.2, -0.15) is 0 Å². The molecule has 0 aliphatic carbocycles. The number of benzene rings is 1. The lowest BCUT2D eigenvalue weighted by atomic mass is 10.1. The van der Waals surface area contributed by atoms with Crippen molar-refractivity contribution < 1.29 is 27.5 Å². The Balaban J connectivity index is 1.42. The van der Waals surface area contributed by atoms with Gasteiger partial charge in [-0.05, 0) is 43.3 Å². The van der Waals surface area contributed by atoms with Gasteiger partial charge in [0.05, 0.1) is 23.1 Å². The Morgan fingerprint density at radius 1 is 1.28 bits per heavy atom. The fourth-order valence-corrected chi connectivity index (χ4v) is 6.02. The molecule has 1 aliphatic rings. The van der Waals surface area contributed by atoms with E-state index in [0.717, 1.165) is 5.56 Å². The Labute approximate surface area is 213 Å². The van der Waals surface area contributed by atoms with E-state index in [0.29, 0.717) is 58.7 Å². The van der Waals surface area contributed by atoms with E-state index < -0.39 is 16.0 Å². The van der Waals surface area contributed by atoms with E-state index in [4.69, 9.17) is 15.2 Å². The minimum Gasteiger partial charge on any atom is -0.489 e. The Kier molecular flexibility index (Phi) is 7.76. The summed E-state index contributed by atoms with van der Waals surface area (Å²) in [5.41, 5.74) is 7.68. The highest BCUT2D eigenvalue weighted by atomic mass is 32.2. The van der Waals surface area contributed by atoms with Crippen molar-refractivity contribution in [1.82, 2.24) is 14.6 Å². The average molecular weight is 533 g/mol. The highest BCUT2D eigenvalue weighted by Crippen LogP contribution is 2.33. The van der Waals surface area contributed by atoms with Crippen molar-refractivity contribution in [3.8, 4) is 5.75 Å². The van der Waals surface area contributed by atoms with Crippen molar-refractivity contribution in [2.75, 3.05) is 31.7 Å². The number of ether oxygens (including phenoxy) is 2. The lowest BCUT2D eigenvalue weighted by Gasteiger charge is -2.30. The summed E-state index contributed by atoms with van der Waals surface area (Å²) in [6.07, 6.45) is 3.73. The third-order valence-electron chi connectivity index (χ3n) is 5.94. The molecular weight excluding hydrogens is 504 g/mol. The van der Waals surface area contributed by atoms with Gasteiger partial charge >= 0.3 is 5.97 Å². The molecule has 0 bridgehead atoms. The minimum atomic E-state index is -3.22. The summed E-state index contributed by atoms with van der Waals surface area (Å²) in [4.78, 5) is 29.2. The number of carbonyl (C=O) groups is 2. The smallest absolute Gasteiger partial charge is 0.341 e. The number of nitrogens with one attached hydrogen (secondary N) is 1. The molecule has 1 amide bonds. The summed E-state index contributed by atoms with van der Waals surface area (Å²) in [5, 5.41) is 5.50. The first-order chi connectivity index (χ1) is 17.2. The van der Waals surface area contributed by atoms with Gasteiger partial charge in [0.15, 0.2) is 0 Å². The van der Waals surface area contributed by atoms with Crippen LogP contribution in [0, 0.1) is 0 Å². The number of fused-ring (bicyclic) bond motifs is 1. The maximum atomic E-state index is 12.8. The monoisotopic (exact) mass is 532 g/mol. The van der Waals surface area contributed by atoms with Crippen molar-refractivity contribution in [2.24, 2.45) is 0 Å². The second-order valence-electron chi connectivity index (χ2n) is 8.47. The quantitative estimate of drug-likeness (QED) is 0.422. The molecule has 3 aromatic rings. The van der Waals surface area contributed by atoms with E-state index in [-0.39, 0.29) is 25.2 Å². The number of pyridine rings is 1. The molecule has 36 heavy (non-hydrogen) atoms. The molecule has 1 fully saturated rings. The number of rotatable bonds is 8. The SMILES string of the molecule is CCOC(=O)c1cnc(N)c2c(COc3cccc(C(=O)NC4CCN(S(C)(=O)=O)CC4)c3)csc12. The predicted molar refractivity (Wildman–Crippen MR) is 138 cm³/mol. The Morgan fingerprint density at radius 3 is 2.72 bits per heavy atom. The van der Waals surface area contributed by atoms with E-state index in [9.17, 15) is 18.0 Å². The number of aromatic nitrogens is 1. The van der Waals surface area contributed by atoms with Crippen LogP contribution in [0.3, 0.4) is 0 Å². The molecule has 3 heterocycles. The van der Waals surface area contributed by atoms with Crippen LogP contribution in [0.2, 0.25) is 0 Å². The first-order valence-corrected chi connectivity index (χ1v) is 14.2. The van der Waals surface area contributed by atoms with Gasteiger partial charge in [0.2, 0.25) is 10.0 Å². The topological polar surface area (TPSA) is 141 Å². The standard InChI is InChI=1S/C24H28N4O6S2/c1-3-33-24(30)19-12-26-22(25)20-16(14-35-21(19)20)13-34-18-6-4-5-15(11-18)23(29)27-17-7-9-28(10-8-17)36(2,31)32/h4-6,11-12,14,17H,3,7-10,13H2,1-2H3,(H2,25,26)(H,27,29). The van der Waals surface area contributed by atoms with Gasteiger partial charge in [-0.25, -0.2) is 22.5 Å². The number of thiophene rings is 1. The number of nitrogens with zero attached hydrogens (tertiary/aromatic N) is 2. The van der Waals surface area contributed by atoms with Crippen LogP contribution in [0.15, 0.2) is 35.8 Å². The first kappa shape index (κ1) is 25.9. The zero-order valence-corrected chi connectivity index (χ0v) is 21.7. The number of piperidine rings is 1. The molecule has 0 spiro atoms. The number of sulfonamides is 1. The minimum absolute atomic E-state index is 0.0960. The molecular formula is C24H28N4O6S2. The molecule has 2 aromatic heterocycles. The largest absolute Gasteiger partial charge is 0.489 e. The second kappa shape index (κ2) is 10.8. The van der Waals surface area contributed by atoms with Crippen LogP contribution >= 0.6 is 11.3 Å². The predicted octanol–water partition coefficient (Wildman–Crippen LogP) is 2.79. The molecule has 192 valence electrons. The molecule has 12 heteroatoms. The van der Waals surface area contributed by atoms with Crippen LogP contribution in [0.25, 0.3) is 10.1 Å². The van der Waals surface area contributed by atoms with Crippen LogP contribution in [0.1, 0.15) is 46.0 Å². The second-order valence-corrected chi connectivity index (χ2v) is 11.3. The van der Waals surface area contributed by atoms with E-state index in [1.165, 1.54) is 28.1 Å². The Bertz CT molecular complexity index is 1380. The molecule has 0 radical (unpaired) electrons. The fraction of sp³-hybridized carbons (Fsp3) is 0.375. The Morgan fingerprint density at radius 2 is 2.03 bits per heavy atom. The van der Waals surface area contributed by atoms with Gasteiger partial charge in [0.1, 0.15) is 18.2 Å². The average Bonchev–Trinajstić information content (AvgIpc) is 3.28. The number of hydrogen-bond acceptors (Lipinski definition) is 9. The number of amides is 1. The molecule has 4 rings (SSSR count). The van der Waals surface area contributed by atoms with E-state index in [1.807, 2.05) is 5.38 Å². The molecule has 3 N–H and O–H groups in total. The molecule has 10 nitrogen and oxygen atoms in total. The third kappa shape index (κ3) is 5.77. The molecule has 0 saturated carbocycles. The molecule has 0 atom stereocenters. The maximum absolute atomic E-state index is 12.8. The van der Waals surface area contributed by atoms with E-state index in [1.54, 1.807) is 31.2 Å². The van der Waals surface area contributed by atoms with Crippen LogP contribution in [-0.2, 0) is 21.4 Å². The summed E-state index contributed by atoms with van der Waals surface area (Å²) < 4.78 is 36.5.